The first-order valence-corrected chi connectivity index (χ1v) is 5.09. The van der Waals surface area contributed by atoms with Crippen LogP contribution >= 0.6 is 15.9 Å². The molecule has 14 heavy (non-hydrogen) atoms. The van der Waals surface area contributed by atoms with E-state index in [0.29, 0.717) is 0 Å². The highest BCUT2D eigenvalue weighted by Crippen LogP contribution is 2.27. The zero-order valence-electron chi connectivity index (χ0n) is 7.74. The molecule has 0 unspecified atom stereocenters. The summed E-state index contributed by atoms with van der Waals surface area (Å²) in [5.41, 5.74) is 3.42. The quantitative estimate of drug-likeness (QED) is 0.775. The summed E-state index contributed by atoms with van der Waals surface area (Å²) in [5, 5.41) is 0. The molecule has 0 amide bonds. The molecule has 0 spiro atoms. The molecule has 2 aromatic rings. The van der Waals surface area contributed by atoms with Crippen molar-refractivity contribution in [2.75, 3.05) is 0 Å². The summed E-state index contributed by atoms with van der Waals surface area (Å²) < 4.78 is 1.11. The van der Waals surface area contributed by atoms with Gasteiger partial charge in [-0.2, -0.15) is 0 Å². The molecule has 1 aromatic carbocycles. The van der Waals surface area contributed by atoms with Crippen molar-refractivity contribution in [3.63, 3.8) is 0 Å². The Bertz CT molecular complexity index is 440. The Morgan fingerprint density at radius 1 is 1.14 bits per heavy atom. The molecular weight excluding hydrogens is 240 g/mol. The fourth-order valence-corrected chi connectivity index (χ4v) is 1.72. The van der Waals surface area contributed by atoms with E-state index in [1.54, 1.807) is 0 Å². The Morgan fingerprint density at radius 2 is 1.86 bits per heavy atom. The summed E-state index contributed by atoms with van der Waals surface area (Å²) in [5.74, 6) is 0. The summed E-state index contributed by atoms with van der Waals surface area (Å²) in [4.78, 5) is 8.01. The van der Waals surface area contributed by atoms with E-state index in [4.69, 9.17) is 0 Å². The van der Waals surface area contributed by atoms with Crippen LogP contribution < -0.4 is 0 Å². The van der Waals surface area contributed by atoms with Crippen LogP contribution in [-0.4, -0.2) is 9.97 Å². The van der Waals surface area contributed by atoms with E-state index < -0.39 is 0 Å². The maximum absolute atomic E-state index is 4.01. The molecule has 0 radical (unpaired) electrons. The monoisotopic (exact) mass is 248 g/mol. The minimum atomic E-state index is 1.05. The third kappa shape index (κ3) is 1.68. The normalized spacial score (nSPS) is 10.1. The van der Waals surface area contributed by atoms with E-state index >= 15 is 0 Å². The lowest BCUT2D eigenvalue weighted by Gasteiger charge is -2.06. The van der Waals surface area contributed by atoms with Gasteiger partial charge in [-0.15, -0.1) is 0 Å². The fraction of sp³-hybridized carbons (Fsp3) is 0.0909. The molecule has 0 saturated heterocycles. The van der Waals surface area contributed by atoms with E-state index in [1.807, 2.05) is 24.5 Å². The van der Waals surface area contributed by atoms with Crippen molar-refractivity contribution < 1.29 is 0 Å². The third-order valence-corrected chi connectivity index (χ3v) is 3.00. The van der Waals surface area contributed by atoms with Crippen LogP contribution in [0.2, 0.25) is 0 Å². The van der Waals surface area contributed by atoms with Crippen molar-refractivity contribution in [2.24, 2.45) is 0 Å². The Labute approximate surface area is 91.2 Å². The number of hydrogen-bond acceptors (Lipinski definition) is 2. The van der Waals surface area contributed by atoms with Crippen molar-refractivity contribution in [1.82, 2.24) is 9.97 Å². The minimum absolute atomic E-state index is 1.05. The number of hydrogen-bond donors (Lipinski definition) is 0. The Hall–Kier alpha value is -1.22. The van der Waals surface area contributed by atoms with Crippen LogP contribution in [-0.2, 0) is 0 Å². The molecule has 0 aliphatic rings. The molecule has 0 fully saturated rings. The summed E-state index contributed by atoms with van der Waals surface area (Å²) >= 11 is 3.50. The number of rotatable bonds is 1. The van der Waals surface area contributed by atoms with Crippen LogP contribution in [0.15, 0.2) is 41.4 Å². The zero-order valence-corrected chi connectivity index (χ0v) is 9.32. The van der Waals surface area contributed by atoms with Crippen molar-refractivity contribution >= 4 is 15.9 Å². The highest BCUT2D eigenvalue weighted by molar-refractivity contribution is 9.10. The van der Waals surface area contributed by atoms with Crippen LogP contribution in [0.1, 0.15) is 5.56 Å². The van der Waals surface area contributed by atoms with E-state index in [0.717, 1.165) is 10.0 Å². The number of aromatic nitrogens is 2. The summed E-state index contributed by atoms with van der Waals surface area (Å²) in [6.45, 7) is 2.08. The Morgan fingerprint density at radius 3 is 2.57 bits per heavy atom. The van der Waals surface area contributed by atoms with Gasteiger partial charge in [-0.3, -0.25) is 0 Å². The second-order valence-electron chi connectivity index (χ2n) is 3.04. The van der Waals surface area contributed by atoms with Gasteiger partial charge in [0.05, 0.1) is 0 Å². The van der Waals surface area contributed by atoms with Crippen molar-refractivity contribution in [3.05, 3.63) is 47.0 Å². The predicted octanol–water partition coefficient (Wildman–Crippen LogP) is 3.21. The second kappa shape index (κ2) is 3.88. The van der Waals surface area contributed by atoms with E-state index in [1.165, 1.54) is 17.5 Å². The number of halogens is 1. The molecule has 70 valence electrons. The molecule has 3 heteroatoms. The van der Waals surface area contributed by atoms with Crippen LogP contribution in [0, 0.1) is 6.92 Å². The molecule has 0 bridgehead atoms. The maximum atomic E-state index is 4.01. The van der Waals surface area contributed by atoms with Gasteiger partial charge in [-0.1, -0.05) is 28.1 Å². The molecule has 2 nitrogen and oxygen atoms in total. The van der Waals surface area contributed by atoms with Gasteiger partial charge >= 0.3 is 0 Å². The molecule has 0 saturated carbocycles. The highest BCUT2D eigenvalue weighted by Gasteiger charge is 2.03. The molecule has 0 N–H and O–H groups in total. The van der Waals surface area contributed by atoms with Crippen molar-refractivity contribution in [2.45, 2.75) is 6.92 Å². The summed E-state index contributed by atoms with van der Waals surface area (Å²) in [6.07, 6.45) is 5.18. The molecule has 0 atom stereocenters. The molecule has 1 heterocycles. The van der Waals surface area contributed by atoms with Crippen molar-refractivity contribution in [3.8, 4) is 11.1 Å². The minimum Gasteiger partial charge on any atom is -0.244 e. The van der Waals surface area contributed by atoms with Crippen LogP contribution in [0.3, 0.4) is 0 Å². The molecule has 1 aromatic heterocycles. The van der Waals surface area contributed by atoms with Crippen LogP contribution in [0.25, 0.3) is 11.1 Å². The second-order valence-corrected chi connectivity index (χ2v) is 3.89. The number of benzene rings is 1. The van der Waals surface area contributed by atoms with E-state index in [9.17, 15) is 0 Å². The van der Waals surface area contributed by atoms with E-state index in [2.05, 4.69) is 38.9 Å². The SMILES string of the molecule is Cc1c(Br)cccc1-c1cncnc1. The average molecular weight is 249 g/mol. The molecule has 0 aliphatic carbocycles. The summed E-state index contributed by atoms with van der Waals surface area (Å²) in [7, 11) is 0. The van der Waals surface area contributed by atoms with Crippen LogP contribution in [0.4, 0.5) is 0 Å². The Kier molecular flexibility index (Phi) is 2.59. The van der Waals surface area contributed by atoms with Gasteiger partial charge in [0, 0.05) is 22.4 Å². The molecule has 0 aliphatic heterocycles. The molecule has 2 rings (SSSR count). The first kappa shape index (κ1) is 9.34. The lowest BCUT2D eigenvalue weighted by Crippen LogP contribution is -1.86. The van der Waals surface area contributed by atoms with Gasteiger partial charge in [0.2, 0.25) is 0 Å². The van der Waals surface area contributed by atoms with Gasteiger partial charge in [-0.05, 0) is 24.1 Å². The largest absolute Gasteiger partial charge is 0.244 e. The zero-order chi connectivity index (χ0) is 9.97. The van der Waals surface area contributed by atoms with Crippen molar-refractivity contribution in [1.29, 1.82) is 0 Å². The van der Waals surface area contributed by atoms with Gasteiger partial charge in [0.15, 0.2) is 0 Å². The predicted molar refractivity (Wildman–Crippen MR) is 59.9 cm³/mol. The van der Waals surface area contributed by atoms with Gasteiger partial charge in [-0.25, -0.2) is 9.97 Å². The highest BCUT2D eigenvalue weighted by atomic mass is 79.9. The maximum Gasteiger partial charge on any atom is 0.115 e. The topological polar surface area (TPSA) is 25.8 Å². The Balaban J connectivity index is 2.58. The van der Waals surface area contributed by atoms with Crippen LogP contribution in [0.5, 0.6) is 0 Å². The molecular formula is C11H9BrN2. The average Bonchev–Trinajstić information content (AvgIpc) is 2.23. The lowest BCUT2D eigenvalue weighted by atomic mass is 10.0. The lowest BCUT2D eigenvalue weighted by molar-refractivity contribution is 1.17. The first-order chi connectivity index (χ1) is 6.79. The van der Waals surface area contributed by atoms with Gasteiger partial charge in [0.1, 0.15) is 6.33 Å². The summed E-state index contributed by atoms with van der Waals surface area (Å²) in [6, 6.07) is 6.11. The number of nitrogens with zero attached hydrogens (tertiary/aromatic N) is 2. The fourth-order valence-electron chi connectivity index (χ4n) is 1.36. The third-order valence-electron chi connectivity index (χ3n) is 2.14. The first-order valence-electron chi connectivity index (χ1n) is 4.29. The standard InChI is InChI=1S/C11H9BrN2/c1-8-10(3-2-4-11(8)12)9-5-13-7-14-6-9/h2-7H,1H3. The van der Waals surface area contributed by atoms with E-state index in [-0.39, 0.29) is 0 Å². The van der Waals surface area contributed by atoms with Gasteiger partial charge < -0.3 is 0 Å². The smallest absolute Gasteiger partial charge is 0.115 e. The van der Waals surface area contributed by atoms with Gasteiger partial charge in [0.25, 0.3) is 0 Å².